The van der Waals surface area contributed by atoms with Gasteiger partial charge in [-0.1, -0.05) is 56.9 Å². The lowest BCUT2D eigenvalue weighted by Crippen LogP contribution is -1.93. The summed E-state index contributed by atoms with van der Waals surface area (Å²) in [4.78, 5) is 1.00. The number of benzene rings is 1. The number of hydrogen-bond acceptors (Lipinski definition) is 6. The van der Waals surface area contributed by atoms with Gasteiger partial charge in [0.1, 0.15) is 0 Å². The number of hydrogen-bond donors (Lipinski definition) is 1. The molecule has 3 nitrogen and oxygen atoms in total. The first-order chi connectivity index (χ1) is 8.60. The van der Waals surface area contributed by atoms with Crippen molar-refractivity contribution in [2.75, 3.05) is 6.26 Å². The quantitative estimate of drug-likeness (QED) is 0.824. The van der Waals surface area contributed by atoms with E-state index in [-0.39, 0.29) is 0 Å². The van der Waals surface area contributed by atoms with Crippen molar-refractivity contribution in [3.8, 4) is 0 Å². The second kappa shape index (κ2) is 6.38. The Balaban J connectivity index is 2.29. The smallest absolute Gasteiger partial charge is 0.179 e. The van der Waals surface area contributed by atoms with Gasteiger partial charge in [0.25, 0.3) is 0 Å². The Morgan fingerprint density at radius 1 is 1.33 bits per heavy atom. The summed E-state index contributed by atoms with van der Waals surface area (Å²) in [5, 5.41) is 17.9. The Morgan fingerprint density at radius 3 is 2.67 bits per heavy atom. The molecule has 0 amide bonds. The summed E-state index contributed by atoms with van der Waals surface area (Å²) in [6, 6.07) is 5.85. The first-order valence-electron chi connectivity index (χ1n) is 5.13. The first kappa shape index (κ1) is 14.3. The molecular weight excluding hydrogens is 352 g/mol. The van der Waals surface area contributed by atoms with Crippen LogP contribution in [-0.4, -0.2) is 21.6 Å². The van der Waals surface area contributed by atoms with E-state index in [2.05, 4.69) is 26.1 Å². The highest BCUT2D eigenvalue weighted by Crippen LogP contribution is 2.37. The molecule has 0 saturated carbocycles. The van der Waals surface area contributed by atoms with E-state index in [0.717, 1.165) is 23.6 Å². The molecule has 0 fully saturated rings. The molecule has 0 aliphatic heterocycles. The van der Waals surface area contributed by atoms with Crippen LogP contribution in [0, 0.1) is 0 Å². The fraction of sp³-hybridized carbons (Fsp3) is 0.273. The third kappa shape index (κ3) is 3.48. The topological polar surface area (TPSA) is 46.0 Å². The summed E-state index contributed by atoms with van der Waals surface area (Å²) in [6.45, 7) is 1.76. The molecule has 0 spiro atoms. The van der Waals surface area contributed by atoms with Crippen LogP contribution in [-0.2, 0) is 0 Å². The fourth-order valence-corrected chi connectivity index (χ4v) is 4.52. The molecule has 18 heavy (non-hydrogen) atoms. The second-order valence-electron chi connectivity index (χ2n) is 3.50. The molecule has 7 heteroatoms. The fourth-order valence-electron chi connectivity index (χ4n) is 1.36. The maximum atomic E-state index is 9.76. The third-order valence-corrected chi connectivity index (χ3v) is 5.70. The molecule has 0 radical (unpaired) electrons. The second-order valence-corrected chi connectivity index (χ2v) is 7.73. The van der Waals surface area contributed by atoms with E-state index in [9.17, 15) is 5.11 Å². The number of rotatable bonds is 4. The third-order valence-electron chi connectivity index (χ3n) is 2.19. The summed E-state index contributed by atoms with van der Waals surface area (Å²) in [5.74, 6) is 0. The van der Waals surface area contributed by atoms with Crippen LogP contribution in [0.25, 0.3) is 0 Å². The zero-order chi connectivity index (χ0) is 13.1. The van der Waals surface area contributed by atoms with Crippen molar-refractivity contribution < 1.29 is 5.11 Å². The van der Waals surface area contributed by atoms with E-state index in [0.29, 0.717) is 0 Å². The van der Waals surface area contributed by atoms with Gasteiger partial charge in [0.2, 0.25) is 0 Å². The molecule has 0 saturated heterocycles. The molecule has 1 aromatic heterocycles. The standard InChI is InChI=1S/C11H11BrN2OS3/c1-6(15)8-4-3-7(12)5-9(8)17-11-14-13-10(16-2)18-11/h3-6,15H,1-2H3. The average molecular weight is 363 g/mol. The van der Waals surface area contributed by atoms with E-state index >= 15 is 0 Å². The summed E-state index contributed by atoms with van der Waals surface area (Å²) in [6.07, 6.45) is 1.49. The van der Waals surface area contributed by atoms with E-state index in [4.69, 9.17) is 0 Å². The van der Waals surface area contributed by atoms with Crippen molar-refractivity contribution >= 4 is 50.8 Å². The van der Waals surface area contributed by atoms with Gasteiger partial charge in [-0.25, -0.2) is 0 Å². The predicted octanol–water partition coefficient (Wildman–Crippen LogP) is 4.23. The molecule has 1 aromatic carbocycles. The molecule has 96 valence electrons. The van der Waals surface area contributed by atoms with Crippen molar-refractivity contribution in [1.82, 2.24) is 10.2 Å². The number of nitrogens with zero attached hydrogens (tertiary/aromatic N) is 2. The van der Waals surface area contributed by atoms with E-state index in [1.165, 1.54) is 11.8 Å². The van der Waals surface area contributed by atoms with Gasteiger partial charge in [-0.15, -0.1) is 10.2 Å². The van der Waals surface area contributed by atoms with Gasteiger partial charge >= 0.3 is 0 Å². The Kier molecular flexibility index (Phi) is 5.08. The molecular formula is C11H11BrN2OS3. The molecule has 0 bridgehead atoms. The number of aliphatic hydroxyl groups excluding tert-OH is 1. The van der Waals surface area contributed by atoms with Gasteiger partial charge in [-0.05, 0) is 30.9 Å². The Labute approximate surface area is 127 Å². The van der Waals surface area contributed by atoms with Crippen LogP contribution in [0.1, 0.15) is 18.6 Å². The molecule has 2 aromatic rings. The summed E-state index contributed by atoms with van der Waals surface area (Å²) < 4.78 is 2.83. The van der Waals surface area contributed by atoms with Crippen LogP contribution in [0.15, 0.2) is 36.2 Å². The van der Waals surface area contributed by atoms with Crippen molar-refractivity contribution in [3.05, 3.63) is 28.2 Å². The molecule has 1 heterocycles. The van der Waals surface area contributed by atoms with Crippen LogP contribution in [0.2, 0.25) is 0 Å². The Bertz CT molecular complexity index is 545. The van der Waals surface area contributed by atoms with Gasteiger partial charge in [0.15, 0.2) is 8.68 Å². The van der Waals surface area contributed by atoms with Crippen LogP contribution in [0.3, 0.4) is 0 Å². The SMILES string of the molecule is CSc1nnc(Sc2cc(Br)ccc2C(C)O)s1. The van der Waals surface area contributed by atoms with Crippen LogP contribution in [0.5, 0.6) is 0 Å². The minimum Gasteiger partial charge on any atom is -0.389 e. The van der Waals surface area contributed by atoms with Gasteiger partial charge in [0, 0.05) is 9.37 Å². The Hall–Kier alpha value is -0.0800. The van der Waals surface area contributed by atoms with Crippen molar-refractivity contribution in [2.24, 2.45) is 0 Å². The molecule has 2 rings (SSSR count). The largest absolute Gasteiger partial charge is 0.389 e. The van der Waals surface area contributed by atoms with Crippen LogP contribution >= 0.6 is 50.8 Å². The summed E-state index contributed by atoms with van der Waals surface area (Å²) in [5.41, 5.74) is 0.907. The average Bonchev–Trinajstić information content (AvgIpc) is 2.76. The summed E-state index contributed by atoms with van der Waals surface area (Å²) in [7, 11) is 0. The molecule has 1 N–H and O–H groups in total. The van der Waals surface area contributed by atoms with E-state index < -0.39 is 6.10 Å². The van der Waals surface area contributed by atoms with Crippen molar-refractivity contribution in [2.45, 2.75) is 26.6 Å². The number of thioether (sulfide) groups is 1. The molecule has 0 aliphatic carbocycles. The Morgan fingerprint density at radius 2 is 2.06 bits per heavy atom. The molecule has 1 unspecified atom stereocenters. The van der Waals surface area contributed by atoms with Crippen molar-refractivity contribution in [3.63, 3.8) is 0 Å². The lowest BCUT2D eigenvalue weighted by Gasteiger charge is -2.10. The lowest BCUT2D eigenvalue weighted by molar-refractivity contribution is 0.196. The zero-order valence-corrected chi connectivity index (χ0v) is 13.8. The maximum absolute atomic E-state index is 9.76. The van der Waals surface area contributed by atoms with Crippen LogP contribution in [0.4, 0.5) is 0 Å². The van der Waals surface area contributed by atoms with E-state index in [1.807, 2.05) is 24.5 Å². The highest BCUT2D eigenvalue weighted by Gasteiger charge is 2.12. The van der Waals surface area contributed by atoms with E-state index in [1.54, 1.807) is 30.0 Å². The van der Waals surface area contributed by atoms with Crippen LogP contribution < -0.4 is 0 Å². The highest BCUT2D eigenvalue weighted by molar-refractivity contribution is 9.10. The van der Waals surface area contributed by atoms with Gasteiger partial charge in [-0.3, -0.25) is 0 Å². The minimum atomic E-state index is -0.492. The number of aliphatic hydroxyl groups is 1. The zero-order valence-electron chi connectivity index (χ0n) is 9.75. The van der Waals surface area contributed by atoms with Crippen molar-refractivity contribution in [1.29, 1.82) is 0 Å². The molecule has 1 atom stereocenters. The van der Waals surface area contributed by atoms with Gasteiger partial charge < -0.3 is 5.11 Å². The highest BCUT2D eigenvalue weighted by atomic mass is 79.9. The summed E-state index contributed by atoms with van der Waals surface area (Å²) >= 11 is 8.13. The lowest BCUT2D eigenvalue weighted by atomic mass is 10.1. The maximum Gasteiger partial charge on any atom is 0.179 e. The number of aromatic nitrogens is 2. The monoisotopic (exact) mass is 362 g/mol. The minimum absolute atomic E-state index is 0.492. The molecule has 0 aliphatic rings. The van der Waals surface area contributed by atoms with Gasteiger partial charge in [0.05, 0.1) is 6.10 Å². The normalized spacial score (nSPS) is 12.7. The predicted molar refractivity (Wildman–Crippen MR) is 80.6 cm³/mol. The van der Waals surface area contributed by atoms with Gasteiger partial charge in [-0.2, -0.15) is 0 Å². The number of halogens is 1. The first-order valence-corrected chi connectivity index (χ1v) is 8.78.